The second kappa shape index (κ2) is 11.8. The van der Waals surface area contributed by atoms with Crippen LogP contribution in [0.3, 0.4) is 0 Å². The van der Waals surface area contributed by atoms with E-state index in [0.717, 1.165) is 34.6 Å². The van der Waals surface area contributed by atoms with Gasteiger partial charge in [0.25, 0.3) is 5.91 Å². The van der Waals surface area contributed by atoms with Crippen molar-refractivity contribution in [3.05, 3.63) is 92.4 Å². The minimum atomic E-state index is -4.77. The number of alkyl halides is 3. The molecule has 0 saturated heterocycles. The van der Waals surface area contributed by atoms with E-state index < -0.39 is 60.7 Å². The van der Waals surface area contributed by atoms with Crippen LogP contribution in [0.5, 0.6) is 5.75 Å². The number of halogens is 4. The van der Waals surface area contributed by atoms with E-state index in [-0.39, 0.29) is 6.61 Å². The minimum Gasteiger partial charge on any atom is -0.451 e. The van der Waals surface area contributed by atoms with Crippen molar-refractivity contribution in [3.8, 4) is 5.75 Å². The van der Waals surface area contributed by atoms with E-state index in [9.17, 15) is 27.6 Å². The molecule has 0 N–H and O–H groups in total. The van der Waals surface area contributed by atoms with E-state index in [1.807, 2.05) is 30.3 Å². The zero-order chi connectivity index (χ0) is 30.2. The molecule has 0 saturated carbocycles. The summed E-state index contributed by atoms with van der Waals surface area (Å²) in [7, 11) is 0. The summed E-state index contributed by atoms with van der Waals surface area (Å²) in [4.78, 5) is 39.8. The summed E-state index contributed by atoms with van der Waals surface area (Å²) < 4.78 is 58.5. The highest BCUT2D eigenvalue weighted by Crippen LogP contribution is 2.45. The van der Waals surface area contributed by atoms with Gasteiger partial charge < -0.3 is 19.1 Å². The standard InChI is InChI=1S/C28H25ClF3N3O6S/c1-3-39-27(38)41-15-40-25-21(36)11-12-34-24(25)26(37)33(16(2)28(30,31)32)14-35(34)23-17-8-6-9-20(29)19(17)13-42-22-10-5-4-7-18(22)23/h4-12,16,23H,3,13-15H2,1-2H3/t16-,23+/m1/s1. The number of fused-ring (bicyclic) bond motifs is 3. The smallest absolute Gasteiger partial charge is 0.451 e. The third-order valence-electron chi connectivity index (χ3n) is 6.99. The van der Waals surface area contributed by atoms with Crippen LogP contribution in [0.1, 0.15) is 47.1 Å². The Morgan fingerprint density at radius 1 is 1.10 bits per heavy atom. The van der Waals surface area contributed by atoms with Crippen molar-refractivity contribution in [2.24, 2.45) is 0 Å². The van der Waals surface area contributed by atoms with Gasteiger partial charge in [-0.05, 0) is 42.7 Å². The minimum absolute atomic E-state index is 0.0204. The molecule has 1 amide bonds. The number of carbonyl (C=O) groups excluding carboxylic acids is 2. The molecule has 0 spiro atoms. The van der Waals surface area contributed by atoms with Crippen molar-refractivity contribution in [3.63, 3.8) is 0 Å². The maximum absolute atomic E-state index is 14.1. The van der Waals surface area contributed by atoms with Gasteiger partial charge in [0, 0.05) is 27.9 Å². The number of nitrogens with zero attached hydrogens (tertiary/aromatic N) is 3. The summed E-state index contributed by atoms with van der Waals surface area (Å²) in [5.41, 5.74) is 1.06. The van der Waals surface area contributed by atoms with Crippen LogP contribution in [0.2, 0.25) is 5.02 Å². The molecule has 2 aliphatic rings. The third-order valence-corrected chi connectivity index (χ3v) is 8.46. The van der Waals surface area contributed by atoms with E-state index >= 15 is 0 Å². The zero-order valence-corrected chi connectivity index (χ0v) is 24.0. The van der Waals surface area contributed by atoms with E-state index in [0.29, 0.717) is 15.7 Å². The number of benzene rings is 2. The van der Waals surface area contributed by atoms with Gasteiger partial charge in [-0.3, -0.25) is 19.3 Å². The highest BCUT2D eigenvalue weighted by atomic mass is 35.5. The van der Waals surface area contributed by atoms with Gasteiger partial charge in [0.2, 0.25) is 18.0 Å². The van der Waals surface area contributed by atoms with Crippen LogP contribution in [-0.2, 0) is 15.2 Å². The van der Waals surface area contributed by atoms with Crippen molar-refractivity contribution in [1.29, 1.82) is 0 Å². The predicted octanol–water partition coefficient (Wildman–Crippen LogP) is 5.71. The monoisotopic (exact) mass is 623 g/mol. The van der Waals surface area contributed by atoms with Crippen molar-refractivity contribution >= 4 is 35.4 Å². The van der Waals surface area contributed by atoms with Crippen LogP contribution in [0, 0.1) is 0 Å². The normalized spacial score (nSPS) is 17.0. The van der Waals surface area contributed by atoms with Gasteiger partial charge in [0.05, 0.1) is 12.6 Å². The second-order valence-electron chi connectivity index (χ2n) is 9.40. The summed E-state index contributed by atoms with van der Waals surface area (Å²) in [5, 5.41) is 2.06. The summed E-state index contributed by atoms with van der Waals surface area (Å²) in [6.45, 7) is 1.16. The number of rotatable bonds is 6. The maximum Gasteiger partial charge on any atom is 0.511 e. The third kappa shape index (κ3) is 5.50. The van der Waals surface area contributed by atoms with Crippen LogP contribution in [0.15, 0.2) is 64.4 Å². The number of pyridine rings is 1. The quantitative estimate of drug-likeness (QED) is 0.255. The van der Waals surface area contributed by atoms with Crippen molar-refractivity contribution in [2.45, 2.75) is 42.8 Å². The van der Waals surface area contributed by atoms with Gasteiger partial charge in [-0.15, -0.1) is 11.8 Å². The Labute approximate surface area is 247 Å². The van der Waals surface area contributed by atoms with E-state index in [1.165, 1.54) is 22.6 Å². The first-order valence-electron chi connectivity index (χ1n) is 12.8. The molecule has 0 bridgehead atoms. The molecule has 3 aromatic rings. The number of hydrogen-bond donors (Lipinski definition) is 0. The summed E-state index contributed by atoms with van der Waals surface area (Å²) >= 11 is 8.15. The molecule has 2 atom stereocenters. The highest BCUT2D eigenvalue weighted by Gasteiger charge is 2.48. The second-order valence-corrected chi connectivity index (χ2v) is 10.8. The fourth-order valence-corrected chi connectivity index (χ4v) is 6.39. The molecule has 2 aliphatic heterocycles. The SMILES string of the molecule is CCOC(=O)OCOc1c2n(ccc1=O)N([C@@H]1c3ccccc3SCc3c(Cl)cccc31)CN([C@H](C)C(F)(F)F)C2=O. The highest BCUT2D eigenvalue weighted by molar-refractivity contribution is 7.98. The Balaban J connectivity index is 1.70. The summed E-state index contributed by atoms with van der Waals surface area (Å²) in [6, 6.07) is 11.0. The van der Waals surface area contributed by atoms with E-state index in [4.69, 9.17) is 21.1 Å². The average Bonchev–Trinajstić information content (AvgIpc) is 3.11. The molecule has 0 fully saturated rings. The number of amides is 1. The molecule has 3 heterocycles. The number of aromatic nitrogens is 1. The van der Waals surface area contributed by atoms with Crippen molar-refractivity contribution < 1.29 is 37.0 Å². The average molecular weight is 624 g/mol. The van der Waals surface area contributed by atoms with Gasteiger partial charge >= 0.3 is 12.3 Å². The fourth-order valence-electron chi connectivity index (χ4n) is 4.92. The van der Waals surface area contributed by atoms with Crippen LogP contribution in [-0.4, -0.2) is 53.9 Å². The van der Waals surface area contributed by atoms with Gasteiger partial charge in [-0.25, -0.2) is 4.79 Å². The summed E-state index contributed by atoms with van der Waals surface area (Å²) in [6.07, 6.45) is -4.54. The molecule has 222 valence electrons. The maximum atomic E-state index is 14.1. The molecule has 9 nitrogen and oxygen atoms in total. The molecule has 5 rings (SSSR count). The zero-order valence-electron chi connectivity index (χ0n) is 22.4. The van der Waals surface area contributed by atoms with Crippen molar-refractivity contribution in [1.82, 2.24) is 9.58 Å². The van der Waals surface area contributed by atoms with Gasteiger partial charge in [-0.2, -0.15) is 13.2 Å². The van der Waals surface area contributed by atoms with Gasteiger partial charge in [0.15, 0.2) is 5.69 Å². The van der Waals surface area contributed by atoms with E-state index in [1.54, 1.807) is 24.1 Å². The number of carbonyl (C=O) groups is 2. The van der Waals surface area contributed by atoms with Gasteiger partial charge in [0.1, 0.15) is 12.7 Å². The Bertz CT molecular complexity index is 1580. The number of thioether (sulfide) groups is 1. The van der Waals surface area contributed by atoms with Crippen molar-refractivity contribution in [2.75, 3.05) is 25.1 Å². The predicted molar refractivity (Wildman–Crippen MR) is 148 cm³/mol. The Kier molecular flexibility index (Phi) is 8.33. The molecule has 1 aromatic heterocycles. The molecule has 0 aliphatic carbocycles. The molecule has 0 radical (unpaired) electrons. The largest absolute Gasteiger partial charge is 0.511 e. The molecular formula is C28H25ClF3N3O6S. The molecule has 42 heavy (non-hydrogen) atoms. The molecule has 2 aromatic carbocycles. The van der Waals surface area contributed by atoms with Gasteiger partial charge in [-0.1, -0.05) is 41.9 Å². The topological polar surface area (TPSA) is 90.3 Å². The number of ether oxygens (including phenoxy) is 3. The van der Waals surface area contributed by atoms with Crippen LogP contribution >= 0.6 is 23.4 Å². The fraction of sp³-hybridized carbons (Fsp3) is 0.321. The Morgan fingerprint density at radius 3 is 2.57 bits per heavy atom. The van der Waals surface area contributed by atoms with Crippen LogP contribution in [0.25, 0.3) is 0 Å². The van der Waals surface area contributed by atoms with Crippen LogP contribution in [0.4, 0.5) is 18.0 Å². The lowest BCUT2D eigenvalue weighted by molar-refractivity contribution is -0.173. The first-order chi connectivity index (χ1) is 20.0. The summed E-state index contributed by atoms with van der Waals surface area (Å²) in [5.74, 6) is -1.14. The Hall–Kier alpha value is -3.84. The van der Waals surface area contributed by atoms with E-state index in [2.05, 4.69) is 4.74 Å². The lowest BCUT2D eigenvalue weighted by atomic mass is 9.94. The van der Waals surface area contributed by atoms with Crippen LogP contribution < -0.4 is 15.2 Å². The molecular weight excluding hydrogens is 599 g/mol. The lowest BCUT2D eigenvalue weighted by Gasteiger charge is -2.46. The lowest BCUT2D eigenvalue weighted by Crippen LogP contribution is -2.60. The number of hydrogen-bond acceptors (Lipinski definition) is 8. The first-order valence-corrected chi connectivity index (χ1v) is 14.2. The molecule has 14 heteroatoms. The molecule has 0 unspecified atom stereocenters. The first kappa shape index (κ1) is 29.6. The Morgan fingerprint density at radius 2 is 1.83 bits per heavy atom.